The van der Waals surface area contributed by atoms with Crippen molar-refractivity contribution in [3.63, 3.8) is 0 Å². The molecular weight excluding hydrogens is 474 g/mol. The number of piperidine rings is 1. The Balaban J connectivity index is 0.00000274. The average Bonchev–Trinajstić information content (AvgIpc) is 3.10. The third-order valence-electron chi connectivity index (χ3n) is 7.01. The first kappa shape index (κ1) is 24.8. The molecule has 0 amide bonds. The molecule has 2 aliphatic rings. The number of Topliss-reactive ketones (excluding diaryl/α,β-unsaturated/α-hetero) is 1. The van der Waals surface area contributed by atoms with E-state index in [1.165, 1.54) is 18.4 Å². The van der Waals surface area contributed by atoms with Crippen LogP contribution in [0.25, 0.3) is 11.6 Å². The van der Waals surface area contributed by atoms with Gasteiger partial charge in [0.05, 0.1) is 18.4 Å². The predicted octanol–water partition coefficient (Wildman–Crippen LogP) is 4.17. The topological polar surface area (TPSA) is 86.3 Å². The molecule has 0 bridgehead atoms. The molecule has 182 valence electrons. The number of benzene rings is 1. The summed E-state index contributed by atoms with van der Waals surface area (Å²) in [4.78, 5) is 18.5. The number of rotatable bonds is 9. The number of carbonyl (C=O) groups excluding carboxylic acids is 1. The van der Waals surface area contributed by atoms with Gasteiger partial charge in [-0.2, -0.15) is 0 Å². The predicted molar refractivity (Wildman–Crippen MR) is 133 cm³/mol. The van der Waals surface area contributed by atoms with E-state index in [1.54, 1.807) is 25.8 Å². The smallest absolute Gasteiger partial charge is 0.202 e. The maximum Gasteiger partial charge on any atom is 0.202 e. The number of nitrogens with zero attached hydrogens (tertiary/aromatic N) is 5. The Kier molecular flexibility index (Phi) is 7.07. The van der Waals surface area contributed by atoms with E-state index in [4.69, 9.17) is 9.15 Å². The minimum atomic E-state index is 0. The van der Waals surface area contributed by atoms with Crippen LogP contribution < -0.4 is 4.74 Å². The van der Waals surface area contributed by atoms with Crippen molar-refractivity contribution in [2.45, 2.75) is 37.3 Å². The van der Waals surface area contributed by atoms with Gasteiger partial charge in [-0.05, 0) is 56.8 Å². The van der Waals surface area contributed by atoms with Gasteiger partial charge in [0.1, 0.15) is 5.75 Å². The summed E-state index contributed by atoms with van der Waals surface area (Å²) < 4.78 is 12.9. The SMILES string of the molecule is COc1cc([C@]23C[C@H]2CN(CCCSc2nnc(-c4ocnc4C)n2C)C3)ccc1C(C)=O.Cl. The summed E-state index contributed by atoms with van der Waals surface area (Å²) in [5, 5.41) is 9.50. The number of hydrogen-bond donors (Lipinski definition) is 0. The van der Waals surface area contributed by atoms with Crippen molar-refractivity contribution in [2.75, 3.05) is 32.5 Å². The third kappa shape index (κ3) is 4.36. The van der Waals surface area contributed by atoms with Gasteiger partial charge in [-0.15, -0.1) is 22.6 Å². The molecule has 10 heteroatoms. The molecule has 1 saturated heterocycles. The number of hydrogen-bond acceptors (Lipinski definition) is 8. The van der Waals surface area contributed by atoms with Gasteiger partial charge in [-0.25, -0.2) is 4.98 Å². The largest absolute Gasteiger partial charge is 0.496 e. The third-order valence-corrected chi connectivity index (χ3v) is 8.11. The van der Waals surface area contributed by atoms with E-state index in [0.717, 1.165) is 42.7 Å². The van der Waals surface area contributed by atoms with Crippen LogP contribution in [0.15, 0.2) is 34.2 Å². The van der Waals surface area contributed by atoms with E-state index in [9.17, 15) is 4.79 Å². The second kappa shape index (κ2) is 9.71. The Morgan fingerprint density at radius 3 is 2.88 bits per heavy atom. The monoisotopic (exact) mass is 503 g/mol. The number of likely N-dealkylation sites (tertiary alicyclic amines) is 1. The lowest BCUT2D eigenvalue weighted by Crippen LogP contribution is -2.28. The first-order chi connectivity index (χ1) is 15.9. The van der Waals surface area contributed by atoms with Crippen LogP contribution in [0.3, 0.4) is 0 Å². The summed E-state index contributed by atoms with van der Waals surface area (Å²) in [7, 11) is 3.60. The minimum Gasteiger partial charge on any atom is -0.496 e. The zero-order valence-electron chi connectivity index (χ0n) is 19.9. The number of carbonyl (C=O) groups is 1. The van der Waals surface area contributed by atoms with E-state index in [0.29, 0.717) is 28.8 Å². The molecule has 34 heavy (non-hydrogen) atoms. The van der Waals surface area contributed by atoms with Crippen LogP contribution in [-0.2, 0) is 12.5 Å². The van der Waals surface area contributed by atoms with Crippen molar-refractivity contribution >= 4 is 30.0 Å². The fourth-order valence-corrected chi connectivity index (χ4v) is 5.94. The van der Waals surface area contributed by atoms with Crippen molar-refractivity contribution in [1.29, 1.82) is 0 Å². The number of ether oxygens (including phenoxy) is 1. The zero-order valence-corrected chi connectivity index (χ0v) is 21.5. The molecule has 8 nitrogen and oxygen atoms in total. The molecule has 5 rings (SSSR count). The highest BCUT2D eigenvalue weighted by atomic mass is 35.5. The number of methoxy groups -OCH3 is 1. The summed E-state index contributed by atoms with van der Waals surface area (Å²) in [6, 6.07) is 6.13. The average molecular weight is 504 g/mol. The van der Waals surface area contributed by atoms with Crippen molar-refractivity contribution in [3.05, 3.63) is 41.4 Å². The van der Waals surface area contributed by atoms with Gasteiger partial charge in [-0.1, -0.05) is 17.8 Å². The van der Waals surface area contributed by atoms with Gasteiger partial charge in [0.2, 0.25) is 5.82 Å². The van der Waals surface area contributed by atoms with Crippen molar-refractivity contribution in [1.82, 2.24) is 24.6 Å². The number of aromatic nitrogens is 4. The molecule has 1 aliphatic carbocycles. The Morgan fingerprint density at radius 1 is 1.35 bits per heavy atom. The van der Waals surface area contributed by atoms with Crippen LogP contribution in [0.1, 0.15) is 41.4 Å². The summed E-state index contributed by atoms with van der Waals surface area (Å²) in [6.07, 6.45) is 3.75. The van der Waals surface area contributed by atoms with Crippen LogP contribution in [0, 0.1) is 12.8 Å². The highest BCUT2D eigenvalue weighted by Gasteiger charge is 2.60. The molecule has 2 aromatic heterocycles. The van der Waals surface area contributed by atoms with Crippen LogP contribution in [0.4, 0.5) is 0 Å². The van der Waals surface area contributed by atoms with Crippen molar-refractivity contribution in [2.24, 2.45) is 13.0 Å². The van der Waals surface area contributed by atoms with Crippen molar-refractivity contribution < 1.29 is 13.9 Å². The number of oxazole rings is 1. The molecule has 2 fully saturated rings. The first-order valence-corrected chi connectivity index (χ1v) is 12.3. The fourth-order valence-electron chi connectivity index (χ4n) is 5.10. The van der Waals surface area contributed by atoms with E-state index in [-0.39, 0.29) is 23.6 Å². The summed E-state index contributed by atoms with van der Waals surface area (Å²) in [5.41, 5.74) is 3.01. The Labute approximate surface area is 209 Å². The molecule has 0 spiro atoms. The van der Waals surface area contributed by atoms with Crippen LogP contribution >= 0.6 is 24.2 Å². The second-order valence-electron chi connectivity index (χ2n) is 9.10. The molecular formula is C24H30ClN5O3S. The molecule has 1 saturated carbocycles. The van der Waals surface area contributed by atoms with E-state index in [1.807, 2.05) is 24.6 Å². The summed E-state index contributed by atoms with van der Waals surface area (Å²) in [5.74, 6) is 3.80. The standard InChI is InChI=1S/C24H29N5O3S.ClH/c1-15-21(32-14-25-15)22-26-27-23(28(22)3)33-9-5-8-29-12-18-11-24(18,13-29)17-6-7-19(16(2)30)20(10-17)31-4;/h6-7,10,14,18H,5,8-9,11-13H2,1-4H3;1H/t18-,24+;/m0./s1. The Bertz CT molecular complexity index is 1200. The molecule has 1 aromatic carbocycles. The van der Waals surface area contributed by atoms with Crippen molar-refractivity contribution in [3.8, 4) is 17.3 Å². The molecule has 3 heterocycles. The van der Waals surface area contributed by atoms with Gasteiger partial charge in [0.15, 0.2) is 23.1 Å². The van der Waals surface area contributed by atoms with Gasteiger partial charge < -0.3 is 18.6 Å². The van der Waals surface area contributed by atoms with Crippen LogP contribution in [-0.4, -0.2) is 62.9 Å². The zero-order chi connectivity index (χ0) is 23.2. The number of ketones is 1. The summed E-state index contributed by atoms with van der Waals surface area (Å²) in [6.45, 7) is 6.77. The van der Waals surface area contributed by atoms with Gasteiger partial charge in [0, 0.05) is 31.3 Å². The number of fused-ring (bicyclic) bond motifs is 1. The maximum absolute atomic E-state index is 11.8. The second-order valence-corrected chi connectivity index (χ2v) is 10.2. The molecule has 0 unspecified atom stereocenters. The van der Waals surface area contributed by atoms with E-state index in [2.05, 4.69) is 32.2 Å². The molecule has 2 atom stereocenters. The number of aryl methyl sites for hydroxylation is 1. The lowest BCUT2D eigenvalue weighted by atomic mass is 9.93. The highest BCUT2D eigenvalue weighted by Crippen LogP contribution is 2.59. The fraction of sp³-hybridized carbons (Fsp3) is 0.500. The molecule has 3 aromatic rings. The molecule has 0 radical (unpaired) electrons. The highest BCUT2D eigenvalue weighted by molar-refractivity contribution is 7.99. The van der Waals surface area contributed by atoms with Crippen LogP contribution in [0.5, 0.6) is 5.75 Å². The number of thioether (sulfide) groups is 1. The quantitative estimate of drug-likeness (QED) is 0.244. The lowest BCUT2D eigenvalue weighted by Gasteiger charge is -2.21. The van der Waals surface area contributed by atoms with Crippen LogP contribution in [0.2, 0.25) is 0 Å². The normalized spacial score (nSPS) is 21.2. The number of halogens is 1. The molecule has 0 N–H and O–H groups in total. The molecule has 1 aliphatic heterocycles. The van der Waals surface area contributed by atoms with E-state index >= 15 is 0 Å². The van der Waals surface area contributed by atoms with Gasteiger partial charge in [0.25, 0.3) is 0 Å². The summed E-state index contributed by atoms with van der Waals surface area (Å²) >= 11 is 1.72. The Hall–Kier alpha value is -2.36. The Morgan fingerprint density at radius 2 is 2.18 bits per heavy atom. The van der Waals surface area contributed by atoms with Gasteiger partial charge >= 0.3 is 0 Å². The lowest BCUT2D eigenvalue weighted by molar-refractivity contribution is 0.101. The van der Waals surface area contributed by atoms with E-state index < -0.39 is 0 Å². The van der Waals surface area contributed by atoms with Gasteiger partial charge in [-0.3, -0.25) is 4.79 Å². The first-order valence-electron chi connectivity index (χ1n) is 11.3. The minimum absolute atomic E-state index is 0. The maximum atomic E-state index is 11.8.